The Morgan fingerprint density at radius 1 is 0.966 bits per heavy atom. The van der Waals surface area contributed by atoms with Gasteiger partial charge in [-0.05, 0) is 50.9 Å². The fraction of sp³-hybridized carbons (Fsp3) is 0.909. The van der Waals surface area contributed by atoms with Crippen molar-refractivity contribution in [1.82, 2.24) is 20.0 Å². The summed E-state index contributed by atoms with van der Waals surface area (Å²) in [7, 11) is 0. The third-order valence-electron chi connectivity index (χ3n) is 6.78. The van der Waals surface area contributed by atoms with Gasteiger partial charge in [0.1, 0.15) is 0 Å². The van der Waals surface area contributed by atoms with Crippen molar-refractivity contribution in [2.75, 3.05) is 65.5 Å². The largest absolute Gasteiger partial charge is 0.396 e. The van der Waals surface area contributed by atoms with Gasteiger partial charge in [-0.1, -0.05) is 13.8 Å². The predicted octanol–water partition coefficient (Wildman–Crippen LogP) is 1.77. The summed E-state index contributed by atoms with van der Waals surface area (Å²) in [4.78, 5) is 24.1. The van der Waals surface area contributed by atoms with Crippen molar-refractivity contribution in [2.24, 2.45) is 10.4 Å². The summed E-state index contributed by atoms with van der Waals surface area (Å²) >= 11 is 0. The number of nitrogens with one attached hydrogen (secondary N) is 1. The van der Waals surface area contributed by atoms with Gasteiger partial charge in [-0.15, -0.1) is 0 Å². The van der Waals surface area contributed by atoms with Gasteiger partial charge in [-0.2, -0.15) is 0 Å². The molecule has 2 aliphatic heterocycles. The van der Waals surface area contributed by atoms with Gasteiger partial charge in [-0.25, -0.2) is 0 Å². The van der Waals surface area contributed by atoms with E-state index in [0.29, 0.717) is 12.5 Å². The van der Waals surface area contributed by atoms with Crippen LogP contribution in [0.5, 0.6) is 0 Å². The van der Waals surface area contributed by atoms with E-state index in [1.54, 1.807) is 0 Å². The molecule has 2 saturated heterocycles. The molecule has 0 aromatic heterocycles. The number of hydrogen-bond acceptors (Lipinski definition) is 4. The first-order valence-electron chi connectivity index (χ1n) is 11.7. The summed E-state index contributed by atoms with van der Waals surface area (Å²) < 4.78 is 0. The number of aliphatic hydroxyl groups is 1. The molecule has 0 spiro atoms. The van der Waals surface area contributed by atoms with Gasteiger partial charge in [0.25, 0.3) is 0 Å². The standard InChI is InChI=1S/C22H43N5O2/c1-4-22(5-2,10-17-28)19-24-21(23-6-3)27-15-13-25(14-16-27)18-20(29)26-11-8-7-9-12-26/h28H,4-19H2,1-3H3,(H,23,24). The van der Waals surface area contributed by atoms with E-state index in [2.05, 4.69) is 35.9 Å². The fourth-order valence-corrected chi connectivity index (χ4v) is 4.36. The SMILES string of the molecule is CCNC(=NCC(CC)(CC)CCO)N1CCN(CC(=O)N2CCCCC2)CC1. The van der Waals surface area contributed by atoms with Crippen LogP contribution in [0.25, 0.3) is 0 Å². The third kappa shape index (κ3) is 7.14. The van der Waals surface area contributed by atoms with Gasteiger partial charge < -0.3 is 20.2 Å². The molecule has 0 aromatic rings. The summed E-state index contributed by atoms with van der Waals surface area (Å²) in [5.74, 6) is 1.26. The number of piperidine rings is 1. The maximum Gasteiger partial charge on any atom is 0.236 e. The molecule has 0 unspecified atom stereocenters. The normalized spacial score (nSPS) is 19.5. The zero-order chi connectivity index (χ0) is 21.1. The number of nitrogens with zero attached hydrogens (tertiary/aromatic N) is 4. The molecule has 0 atom stereocenters. The minimum atomic E-state index is 0.0815. The van der Waals surface area contributed by atoms with Crippen molar-refractivity contribution >= 4 is 11.9 Å². The van der Waals surface area contributed by atoms with Crippen molar-refractivity contribution < 1.29 is 9.90 Å². The third-order valence-corrected chi connectivity index (χ3v) is 6.78. The molecule has 2 aliphatic rings. The average molecular weight is 410 g/mol. The summed E-state index contributed by atoms with van der Waals surface area (Å²) in [5.41, 5.74) is 0.0815. The van der Waals surface area contributed by atoms with Crippen LogP contribution < -0.4 is 5.32 Å². The first kappa shape index (κ1) is 23.9. The van der Waals surface area contributed by atoms with Crippen molar-refractivity contribution in [3.05, 3.63) is 0 Å². The van der Waals surface area contributed by atoms with Crippen molar-refractivity contribution in [3.8, 4) is 0 Å². The molecular weight excluding hydrogens is 366 g/mol. The van der Waals surface area contributed by atoms with E-state index >= 15 is 0 Å². The first-order valence-corrected chi connectivity index (χ1v) is 11.7. The lowest BCUT2D eigenvalue weighted by molar-refractivity contribution is -0.133. The summed E-state index contributed by atoms with van der Waals surface area (Å²) in [6.07, 6.45) is 6.41. The van der Waals surface area contributed by atoms with E-state index < -0.39 is 0 Å². The number of rotatable bonds is 9. The molecule has 2 N–H and O–H groups in total. The van der Waals surface area contributed by atoms with Crippen LogP contribution >= 0.6 is 0 Å². The Kier molecular flexibility index (Phi) is 10.2. The van der Waals surface area contributed by atoms with Crippen LogP contribution in [0.2, 0.25) is 0 Å². The number of aliphatic hydroxyl groups excluding tert-OH is 1. The van der Waals surface area contributed by atoms with Gasteiger partial charge >= 0.3 is 0 Å². The molecular formula is C22H43N5O2. The molecule has 7 heteroatoms. The monoisotopic (exact) mass is 409 g/mol. The highest BCUT2D eigenvalue weighted by Gasteiger charge is 2.27. The van der Waals surface area contributed by atoms with E-state index in [-0.39, 0.29) is 12.0 Å². The van der Waals surface area contributed by atoms with E-state index in [1.807, 2.05) is 4.90 Å². The van der Waals surface area contributed by atoms with E-state index in [4.69, 9.17) is 4.99 Å². The molecule has 2 heterocycles. The quantitative estimate of drug-likeness (QED) is 0.449. The van der Waals surface area contributed by atoms with Crippen LogP contribution in [0.1, 0.15) is 59.3 Å². The number of hydrogen-bond donors (Lipinski definition) is 2. The second kappa shape index (κ2) is 12.4. The van der Waals surface area contributed by atoms with Gasteiger partial charge in [0, 0.05) is 59.0 Å². The Morgan fingerprint density at radius 2 is 1.62 bits per heavy atom. The van der Waals surface area contributed by atoms with Crippen LogP contribution in [0.4, 0.5) is 0 Å². The molecule has 168 valence electrons. The van der Waals surface area contributed by atoms with Crippen molar-refractivity contribution in [3.63, 3.8) is 0 Å². The number of carbonyl (C=O) groups excluding carboxylic acids is 1. The molecule has 2 rings (SSSR count). The van der Waals surface area contributed by atoms with Crippen LogP contribution in [0.15, 0.2) is 4.99 Å². The molecule has 0 aromatic carbocycles. The van der Waals surface area contributed by atoms with E-state index in [0.717, 1.165) is 90.4 Å². The number of piperazine rings is 1. The van der Waals surface area contributed by atoms with Crippen molar-refractivity contribution in [1.29, 1.82) is 0 Å². The minimum Gasteiger partial charge on any atom is -0.396 e. The Bertz CT molecular complexity index is 507. The summed E-state index contributed by atoms with van der Waals surface area (Å²) in [6.45, 7) is 14.3. The maximum absolute atomic E-state index is 12.5. The molecule has 0 aliphatic carbocycles. The summed E-state index contributed by atoms with van der Waals surface area (Å²) in [6, 6.07) is 0. The fourth-order valence-electron chi connectivity index (χ4n) is 4.36. The number of amides is 1. The van der Waals surface area contributed by atoms with Crippen LogP contribution in [-0.2, 0) is 4.79 Å². The highest BCUT2D eigenvalue weighted by molar-refractivity contribution is 5.80. The number of aliphatic imine (C=N–C) groups is 1. The zero-order valence-electron chi connectivity index (χ0n) is 19.0. The zero-order valence-corrected chi connectivity index (χ0v) is 19.0. The Balaban J connectivity index is 1.88. The second-order valence-electron chi connectivity index (χ2n) is 8.56. The Labute approximate surface area is 177 Å². The summed E-state index contributed by atoms with van der Waals surface area (Å²) in [5, 5.41) is 12.9. The first-order chi connectivity index (χ1) is 14.1. The molecule has 7 nitrogen and oxygen atoms in total. The molecule has 2 fully saturated rings. The van der Waals surface area contributed by atoms with Gasteiger partial charge in [0.2, 0.25) is 5.91 Å². The maximum atomic E-state index is 12.5. The van der Waals surface area contributed by atoms with E-state index in [9.17, 15) is 9.90 Å². The molecule has 0 radical (unpaired) electrons. The molecule has 0 bridgehead atoms. The number of guanidine groups is 1. The van der Waals surface area contributed by atoms with Crippen molar-refractivity contribution in [2.45, 2.75) is 59.3 Å². The molecule has 1 amide bonds. The number of carbonyl (C=O) groups is 1. The average Bonchev–Trinajstić information content (AvgIpc) is 2.77. The highest BCUT2D eigenvalue weighted by Crippen LogP contribution is 2.30. The van der Waals surface area contributed by atoms with Gasteiger partial charge in [0.05, 0.1) is 6.54 Å². The number of likely N-dealkylation sites (tertiary alicyclic amines) is 1. The Hall–Kier alpha value is -1.34. The van der Waals surface area contributed by atoms with Gasteiger partial charge in [-0.3, -0.25) is 14.7 Å². The molecule has 0 saturated carbocycles. The Morgan fingerprint density at radius 3 is 2.17 bits per heavy atom. The molecule has 29 heavy (non-hydrogen) atoms. The van der Waals surface area contributed by atoms with Crippen LogP contribution in [0, 0.1) is 5.41 Å². The van der Waals surface area contributed by atoms with Crippen LogP contribution in [0.3, 0.4) is 0 Å². The smallest absolute Gasteiger partial charge is 0.236 e. The topological polar surface area (TPSA) is 71.4 Å². The lowest BCUT2D eigenvalue weighted by Gasteiger charge is -2.38. The van der Waals surface area contributed by atoms with Crippen LogP contribution in [-0.4, -0.2) is 97.2 Å². The predicted molar refractivity (Wildman–Crippen MR) is 119 cm³/mol. The lowest BCUT2D eigenvalue weighted by atomic mass is 9.79. The van der Waals surface area contributed by atoms with E-state index in [1.165, 1.54) is 6.42 Å². The minimum absolute atomic E-state index is 0.0815. The second-order valence-corrected chi connectivity index (χ2v) is 8.56. The highest BCUT2D eigenvalue weighted by atomic mass is 16.3. The van der Waals surface area contributed by atoms with Gasteiger partial charge in [0.15, 0.2) is 5.96 Å². The lowest BCUT2D eigenvalue weighted by Crippen LogP contribution is -2.54.